The van der Waals surface area contributed by atoms with Gasteiger partial charge in [-0.1, -0.05) is 59.1 Å². The van der Waals surface area contributed by atoms with Crippen molar-refractivity contribution in [2.45, 2.75) is 79.6 Å². The van der Waals surface area contributed by atoms with Gasteiger partial charge in [0.25, 0.3) is 0 Å². The van der Waals surface area contributed by atoms with Crippen LogP contribution in [0.2, 0.25) is 0 Å². The Morgan fingerprint density at radius 3 is 2.54 bits per heavy atom. The summed E-state index contributed by atoms with van der Waals surface area (Å²) in [5.41, 5.74) is 2.16. The van der Waals surface area contributed by atoms with Crippen molar-refractivity contribution in [2.24, 2.45) is 34.5 Å². The van der Waals surface area contributed by atoms with Gasteiger partial charge in [-0.15, -0.1) is 0 Å². The number of carbonyl (C=O) groups excluding carboxylic acids is 1. The maximum Gasteiger partial charge on any atom is 0.178 e. The van der Waals surface area contributed by atoms with Crippen molar-refractivity contribution in [3.05, 3.63) is 23.8 Å². The molecule has 0 aromatic rings. The largest absolute Gasteiger partial charge is 0.290 e. The highest BCUT2D eigenvalue weighted by Gasteiger charge is 2.56. The molecule has 4 rings (SSSR count). The van der Waals surface area contributed by atoms with Crippen LogP contribution in [0.3, 0.4) is 0 Å². The smallest absolute Gasteiger partial charge is 0.178 e. The first-order valence-electron chi connectivity index (χ1n) is 10.4. The summed E-state index contributed by atoms with van der Waals surface area (Å²) in [4.78, 5) is 11.8. The molecule has 0 aliphatic heterocycles. The maximum absolute atomic E-state index is 11.8. The predicted octanol–water partition coefficient (Wildman–Crippen LogP) is 6.35. The predicted molar refractivity (Wildman–Crippen MR) is 102 cm³/mol. The number of rotatable bonds is 0. The van der Waals surface area contributed by atoms with Gasteiger partial charge in [0.05, 0.1) is 0 Å². The molecule has 6 atom stereocenters. The van der Waals surface area contributed by atoms with Crippen molar-refractivity contribution in [1.82, 2.24) is 0 Å². The van der Waals surface area contributed by atoms with Crippen molar-refractivity contribution in [2.75, 3.05) is 0 Å². The molecule has 6 unspecified atom stereocenters. The maximum atomic E-state index is 11.8. The lowest BCUT2D eigenvalue weighted by Gasteiger charge is -2.61. The minimum atomic E-state index is 0.166. The third-order valence-electron chi connectivity index (χ3n) is 8.27. The van der Waals surface area contributed by atoms with Gasteiger partial charge in [0, 0.05) is 5.41 Å². The molecule has 4 aliphatic carbocycles. The first-order valence-corrected chi connectivity index (χ1v) is 10.4. The minimum absolute atomic E-state index is 0.166. The van der Waals surface area contributed by atoms with E-state index in [0.717, 1.165) is 30.1 Å². The molecule has 3 saturated carbocycles. The first-order chi connectivity index (χ1) is 11.4. The van der Waals surface area contributed by atoms with E-state index in [2.05, 4.69) is 26.8 Å². The Morgan fingerprint density at radius 2 is 1.79 bits per heavy atom. The number of allylic oxidation sites excluding steroid dienone is 4. The molecule has 0 aromatic heterocycles. The van der Waals surface area contributed by atoms with E-state index >= 15 is 0 Å². The van der Waals surface area contributed by atoms with Crippen LogP contribution in [0.25, 0.3) is 0 Å². The minimum Gasteiger partial charge on any atom is -0.290 e. The van der Waals surface area contributed by atoms with E-state index in [1.54, 1.807) is 0 Å². The van der Waals surface area contributed by atoms with Crippen LogP contribution in [-0.4, -0.2) is 5.78 Å². The Hall–Kier alpha value is -0.850. The van der Waals surface area contributed by atoms with Gasteiger partial charge in [-0.2, -0.15) is 0 Å². The Bertz CT molecular complexity index is 556. The molecule has 1 nitrogen and oxygen atoms in total. The molecule has 0 bridgehead atoms. The fourth-order valence-electron chi connectivity index (χ4n) is 6.67. The van der Waals surface area contributed by atoms with Gasteiger partial charge in [-0.3, -0.25) is 4.79 Å². The molecule has 0 heterocycles. The lowest BCUT2D eigenvalue weighted by molar-refractivity contribution is -0.111. The van der Waals surface area contributed by atoms with Gasteiger partial charge in [-0.05, 0) is 73.3 Å². The van der Waals surface area contributed by atoms with Crippen LogP contribution in [0.4, 0.5) is 0 Å². The second-order valence-corrected chi connectivity index (χ2v) is 8.98. The van der Waals surface area contributed by atoms with Gasteiger partial charge in [-0.25, -0.2) is 0 Å². The van der Waals surface area contributed by atoms with Crippen LogP contribution in [0.15, 0.2) is 23.8 Å². The summed E-state index contributed by atoms with van der Waals surface area (Å²) in [6.07, 6.45) is 15.6. The Labute approximate surface area is 149 Å². The second-order valence-electron chi connectivity index (χ2n) is 8.98. The summed E-state index contributed by atoms with van der Waals surface area (Å²) in [5.74, 6) is 3.65. The molecule has 1 heteroatoms. The quantitative estimate of drug-likeness (QED) is 0.506. The summed E-state index contributed by atoms with van der Waals surface area (Å²) in [6.45, 7) is 11.5. The molecule has 134 valence electrons. The molecule has 0 amide bonds. The molecular weight excluding hydrogens is 292 g/mol. The van der Waals surface area contributed by atoms with Crippen molar-refractivity contribution in [3.8, 4) is 0 Å². The zero-order valence-electron chi connectivity index (χ0n) is 16.4. The average molecular weight is 329 g/mol. The lowest BCUT2D eigenvalue weighted by atomic mass is 9.44. The average Bonchev–Trinajstić information content (AvgIpc) is 2.58. The third kappa shape index (κ3) is 2.54. The summed E-state index contributed by atoms with van der Waals surface area (Å²) in [7, 11) is 0. The highest BCUT2D eigenvalue weighted by molar-refractivity contribution is 6.01. The van der Waals surface area contributed by atoms with E-state index in [9.17, 15) is 4.79 Å². The lowest BCUT2D eigenvalue weighted by Crippen LogP contribution is -2.53. The summed E-state index contributed by atoms with van der Waals surface area (Å²) in [6, 6.07) is 0. The number of fused-ring (bicyclic) bond motifs is 5. The van der Waals surface area contributed by atoms with Gasteiger partial charge in [0.15, 0.2) is 5.78 Å². The summed E-state index contributed by atoms with van der Waals surface area (Å²) >= 11 is 0. The zero-order chi connectivity index (χ0) is 17.5. The topological polar surface area (TPSA) is 17.1 Å². The number of hydrogen-bond acceptors (Lipinski definition) is 1. The molecule has 0 aromatic carbocycles. The van der Waals surface area contributed by atoms with Gasteiger partial charge in [0.2, 0.25) is 0 Å². The van der Waals surface area contributed by atoms with E-state index in [1.807, 2.05) is 26.0 Å². The fourth-order valence-corrected chi connectivity index (χ4v) is 6.67. The third-order valence-corrected chi connectivity index (χ3v) is 8.27. The molecule has 0 N–H and O–H groups in total. The van der Waals surface area contributed by atoms with E-state index in [4.69, 9.17) is 0 Å². The van der Waals surface area contributed by atoms with Gasteiger partial charge < -0.3 is 0 Å². The molecule has 24 heavy (non-hydrogen) atoms. The Kier molecular flexibility index (Phi) is 4.84. The normalized spacial score (nSPS) is 46.7. The number of hydrogen-bond donors (Lipinski definition) is 0. The molecule has 0 radical (unpaired) electrons. The van der Waals surface area contributed by atoms with Crippen molar-refractivity contribution in [1.29, 1.82) is 0 Å². The van der Waals surface area contributed by atoms with E-state index in [-0.39, 0.29) is 11.2 Å². The monoisotopic (exact) mass is 328 g/mol. The highest BCUT2D eigenvalue weighted by Crippen LogP contribution is 2.64. The molecular formula is C23H36O. The van der Waals surface area contributed by atoms with E-state index in [1.165, 1.54) is 44.1 Å². The second kappa shape index (κ2) is 6.46. The van der Waals surface area contributed by atoms with Gasteiger partial charge >= 0.3 is 0 Å². The molecule has 3 fully saturated rings. The zero-order valence-corrected chi connectivity index (χ0v) is 16.4. The van der Waals surface area contributed by atoms with Crippen LogP contribution in [0.1, 0.15) is 79.6 Å². The molecule has 0 saturated heterocycles. The van der Waals surface area contributed by atoms with Crippen molar-refractivity contribution >= 4 is 5.78 Å². The molecule has 4 aliphatic rings. The van der Waals surface area contributed by atoms with E-state index < -0.39 is 0 Å². The Balaban J connectivity index is 0.000000815. The van der Waals surface area contributed by atoms with Crippen LogP contribution in [0, 0.1) is 34.5 Å². The molecule has 0 spiro atoms. The van der Waals surface area contributed by atoms with Crippen LogP contribution in [-0.2, 0) is 4.79 Å². The number of carbonyl (C=O) groups is 1. The standard InChI is InChI=1S/C21H30O.C2H6/c1-14-5-4-6-18-17-8-7-15-13-16(22)9-11-21(15,3)19(17)10-12-20(14,18)2;1-2/h9,11,13-14,17-19H,4-8,10,12H2,1-3H3;1-2H3. The first kappa shape index (κ1) is 18.0. The fraction of sp³-hybridized carbons (Fsp3) is 0.783. The van der Waals surface area contributed by atoms with Crippen LogP contribution < -0.4 is 0 Å². The highest BCUT2D eigenvalue weighted by atomic mass is 16.1. The van der Waals surface area contributed by atoms with Crippen molar-refractivity contribution < 1.29 is 4.79 Å². The van der Waals surface area contributed by atoms with Gasteiger partial charge in [0.1, 0.15) is 0 Å². The van der Waals surface area contributed by atoms with Crippen molar-refractivity contribution in [3.63, 3.8) is 0 Å². The summed E-state index contributed by atoms with van der Waals surface area (Å²) in [5, 5.41) is 0. The SMILES string of the molecule is CC.CC1CCCC2C3CCC4=CC(=O)C=CC4(C)C3CCC12C. The van der Waals surface area contributed by atoms with E-state index in [0.29, 0.717) is 5.41 Å². The number of ketones is 1. The van der Waals surface area contributed by atoms with Crippen LogP contribution >= 0.6 is 0 Å². The summed E-state index contributed by atoms with van der Waals surface area (Å²) < 4.78 is 0. The Morgan fingerprint density at radius 1 is 1.04 bits per heavy atom. The van der Waals surface area contributed by atoms with Crippen LogP contribution in [0.5, 0.6) is 0 Å².